The molecule has 0 aromatic heterocycles. The molecule has 0 aromatic rings. The van der Waals surface area contributed by atoms with Crippen LogP contribution in [0.25, 0.3) is 0 Å². The maximum absolute atomic E-state index is 11.1. The molecule has 1 rings (SSSR count). The van der Waals surface area contributed by atoms with Gasteiger partial charge in [0.2, 0.25) is 0 Å². The minimum absolute atomic E-state index is 0.449. The molecule has 0 fully saturated rings. The van der Waals surface area contributed by atoms with E-state index in [1.54, 1.807) is 13.8 Å². The second kappa shape index (κ2) is 4.21. The van der Waals surface area contributed by atoms with Gasteiger partial charge in [-0.3, -0.25) is 4.79 Å². The van der Waals surface area contributed by atoms with Crippen molar-refractivity contribution in [1.82, 2.24) is 0 Å². The molecule has 1 N–H and O–H groups in total. The molecule has 15 heavy (non-hydrogen) atoms. The van der Waals surface area contributed by atoms with E-state index in [9.17, 15) is 4.79 Å². The van der Waals surface area contributed by atoms with E-state index in [2.05, 4.69) is 19.6 Å². The lowest BCUT2D eigenvalue weighted by molar-refractivity contribution is -0.144. The lowest BCUT2D eigenvalue weighted by atomic mass is 9.74. The molecule has 1 unspecified atom stereocenters. The Labute approximate surface area is 91.7 Å². The summed E-state index contributed by atoms with van der Waals surface area (Å²) in [7, 11) is 0. The first-order valence-electron chi connectivity index (χ1n) is 5.50. The zero-order valence-electron chi connectivity index (χ0n) is 9.84. The van der Waals surface area contributed by atoms with Crippen molar-refractivity contribution >= 4 is 5.97 Å². The number of rotatable bonds is 3. The predicted octanol–water partition coefficient (Wildman–Crippen LogP) is 3.40. The summed E-state index contributed by atoms with van der Waals surface area (Å²) >= 11 is 0. The molecule has 1 atom stereocenters. The monoisotopic (exact) mass is 208 g/mol. The van der Waals surface area contributed by atoms with Crippen molar-refractivity contribution in [2.45, 2.75) is 40.0 Å². The summed E-state index contributed by atoms with van der Waals surface area (Å²) in [5.41, 5.74) is 1.06. The highest BCUT2D eigenvalue weighted by Crippen LogP contribution is 2.38. The highest BCUT2D eigenvalue weighted by molar-refractivity contribution is 5.79. The molecule has 0 saturated carbocycles. The highest BCUT2D eigenvalue weighted by atomic mass is 16.4. The summed E-state index contributed by atoms with van der Waals surface area (Å²) in [6.45, 7) is 9.56. The average Bonchev–Trinajstić information content (AvgIpc) is 2.17. The molecular formula is C13H20O2. The van der Waals surface area contributed by atoms with Crippen LogP contribution in [-0.4, -0.2) is 11.1 Å². The van der Waals surface area contributed by atoms with Gasteiger partial charge in [0.05, 0.1) is 5.41 Å². The fourth-order valence-corrected chi connectivity index (χ4v) is 1.95. The van der Waals surface area contributed by atoms with Crippen molar-refractivity contribution in [2.75, 3.05) is 0 Å². The van der Waals surface area contributed by atoms with Gasteiger partial charge in [-0.1, -0.05) is 19.6 Å². The second-order valence-corrected chi connectivity index (χ2v) is 4.90. The normalized spacial score (nSPS) is 22.1. The molecule has 2 heteroatoms. The van der Waals surface area contributed by atoms with Crippen molar-refractivity contribution in [3.8, 4) is 0 Å². The third-order valence-corrected chi connectivity index (χ3v) is 3.37. The van der Waals surface area contributed by atoms with Gasteiger partial charge < -0.3 is 5.11 Å². The minimum Gasteiger partial charge on any atom is -0.481 e. The molecular weight excluding hydrogens is 188 g/mol. The zero-order valence-corrected chi connectivity index (χ0v) is 9.84. The van der Waals surface area contributed by atoms with Gasteiger partial charge in [0.15, 0.2) is 0 Å². The van der Waals surface area contributed by atoms with Crippen LogP contribution in [0.15, 0.2) is 23.8 Å². The van der Waals surface area contributed by atoms with Crippen LogP contribution < -0.4 is 0 Å². The minimum atomic E-state index is -0.850. The van der Waals surface area contributed by atoms with Gasteiger partial charge in [-0.15, -0.1) is 0 Å². The van der Waals surface area contributed by atoms with E-state index in [4.69, 9.17) is 5.11 Å². The molecule has 84 valence electrons. The summed E-state index contributed by atoms with van der Waals surface area (Å²) in [4.78, 5) is 11.1. The van der Waals surface area contributed by atoms with Gasteiger partial charge in [-0.05, 0) is 50.2 Å². The van der Waals surface area contributed by atoms with Crippen LogP contribution in [-0.2, 0) is 4.79 Å². The SMILES string of the molecule is C=C(C1=CCCCC1C)C(C)(C)C(=O)O. The number of hydrogen-bond acceptors (Lipinski definition) is 1. The Morgan fingerprint density at radius 3 is 2.67 bits per heavy atom. The maximum Gasteiger partial charge on any atom is 0.313 e. The summed E-state index contributed by atoms with van der Waals surface area (Å²) < 4.78 is 0. The van der Waals surface area contributed by atoms with Crippen LogP contribution in [0.2, 0.25) is 0 Å². The maximum atomic E-state index is 11.1. The standard InChI is InChI=1S/C13H20O2/c1-9-7-5-6-8-11(9)10(2)13(3,4)12(14)15/h8-9H,2,5-7H2,1,3-4H3,(H,14,15). The molecule has 0 aliphatic heterocycles. The van der Waals surface area contributed by atoms with Crippen molar-refractivity contribution in [3.63, 3.8) is 0 Å². The summed E-state index contributed by atoms with van der Waals surface area (Å²) in [6.07, 6.45) is 5.54. The van der Waals surface area contributed by atoms with Crippen LogP contribution in [0.1, 0.15) is 40.0 Å². The van der Waals surface area contributed by atoms with Crippen molar-refractivity contribution < 1.29 is 9.90 Å². The first-order valence-corrected chi connectivity index (χ1v) is 5.50. The first-order chi connectivity index (χ1) is 6.87. The molecule has 0 saturated heterocycles. The number of carboxylic acid groups (broad SMARTS) is 1. The van der Waals surface area contributed by atoms with Crippen molar-refractivity contribution in [2.24, 2.45) is 11.3 Å². The molecule has 0 amide bonds. The molecule has 1 aliphatic carbocycles. The lowest BCUT2D eigenvalue weighted by Gasteiger charge is -2.30. The quantitative estimate of drug-likeness (QED) is 0.771. The molecule has 0 radical (unpaired) electrons. The summed E-state index contributed by atoms with van der Waals surface area (Å²) in [5.74, 6) is -0.351. The highest BCUT2D eigenvalue weighted by Gasteiger charge is 2.34. The van der Waals surface area contributed by atoms with E-state index in [1.807, 2.05) is 0 Å². The van der Waals surface area contributed by atoms with Gasteiger partial charge >= 0.3 is 5.97 Å². The van der Waals surface area contributed by atoms with Crippen LogP contribution in [0.5, 0.6) is 0 Å². The van der Waals surface area contributed by atoms with E-state index in [-0.39, 0.29) is 0 Å². The van der Waals surface area contributed by atoms with E-state index in [1.165, 1.54) is 6.42 Å². The number of aliphatic carboxylic acids is 1. The Balaban J connectivity index is 2.93. The van der Waals surface area contributed by atoms with Gasteiger partial charge in [0.25, 0.3) is 0 Å². The van der Waals surface area contributed by atoms with Crippen LogP contribution in [0, 0.1) is 11.3 Å². The van der Waals surface area contributed by atoms with Gasteiger partial charge in [0, 0.05) is 0 Å². The molecule has 0 heterocycles. The van der Waals surface area contributed by atoms with Gasteiger partial charge in [0.1, 0.15) is 0 Å². The molecule has 0 aromatic carbocycles. The average molecular weight is 208 g/mol. The van der Waals surface area contributed by atoms with Crippen LogP contribution in [0.4, 0.5) is 0 Å². The Hall–Kier alpha value is -1.05. The fourth-order valence-electron chi connectivity index (χ4n) is 1.95. The van der Waals surface area contributed by atoms with E-state index < -0.39 is 11.4 Å². The molecule has 0 bridgehead atoms. The van der Waals surface area contributed by atoms with E-state index in [0.717, 1.165) is 24.0 Å². The molecule has 2 nitrogen and oxygen atoms in total. The summed E-state index contributed by atoms with van der Waals surface area (Å²) in [6, 6.07) is 0. The molecule has 1 aliphatic rings. The third-order valence-electron chi connectivity index (χ3n) is 3.37. The van der Waals surface area contributed by atoms with Crippen LogP contribution >= 0.6 is 0 Å². The van der Waals surface area contributed by atoms with E-state index in [0.29, 0.717) is 5.92 Å². The van der Waals surface area contributed by atoms with Gasteiger partial charge in [-0.25, -0.2) is 0 Å². The topological polar surface area (TPSA) is 37.3 Å². The Morgan fingerprint density at radius 2 is 2.20 bits per heavy atom. The summed E-state index contributed by atoms with van der Waals surface area (Å²) in [5, 5.41) is 9.14. The largest absolute Gasteiger partial charge is 0.481 e. The number of allylic oxidation sites excluding steroid dienone is 2. The second-order valence-electron chi connectivity index (χ2n) is 4.90. The van der Waals surface area contributed by atoms with Crippen molar-refractivity contribution in [1.29, 1.82) is 0 Å². The Kier molecular flexibility index (Phi) is 3.38. The number of carbonyl (C=O) groups is 1. The lowest BCUT2D eigenvalue weighted by Crippen LogP contribution is -2.28. The predicted molar refractivity (Wildman–Crippen MR) is 61.7 cm³/mol. The fraction of sp³-hybridized carbons (Fsp3) is 0.615. The smallest absolute Gasteiger partial charge is 0.313 e. The zero-order chi connectivity index (χ0) is 11.6. The van der Waals surface area contributed by atoms with Crippen LogP contribution in [0.3, 0.4) is 0 Å². The first kappa shape index (κ1) is 12.0. The Bertz CT molecular complexity index is 310. The van der Waals surface area contributed by atoms with Gasteiger partial charge in [-0.2, -0.15) is 0 Å². The number of hydrogen-bond donors (Lipinski definition) is 1. The number of carboxylic acids is 1. The van der Waals surface area contributed by atoms with Crippen molar-refractivity contribution in [3.05, 3.63) is 23.8 Å². The third kappa shape index (κ3) is 2.31. The Morgan fingerprint density at radius 1 is 1.60 bits per heavy atom. The van der Waals surface area contributed by atoms with E-state index >= 15 is 0 Å². The molecule has 0 spiro atoms.